The quantitative estimate of drug-likeness (QED) is 0.244. The smallest absolute Gasteiger partial charge is 0.209 e. The van der Waals surface area contributed by atoms with Crippen LogP contribution in [0.2, 0.25) is 0 Å². The highest BCUT2D eigenvalue weighted by Crippen LogP contribution is 2.25. The largest absolute Gasteiger partial charge is 0.491 e. The van der Waals surface area contributed by atoms with Crippen molar-refractivity contribution < 1.29 is 13.2 Å². The fourth-order valence-corrected chi connectivity index (χ4v) is 4.10. The average Bonchev–Trinajstić information content (AvgIpc) is 2.78. The molecule has 0 saturated heterocycles. The van der Waals surface area contributed by atoms with E-state index >= 15 is 0 Å². The maximum atomic E-state index is 13.0. The fraction of sp³-hybridized carbons (Fsp3) is 0.174. The SMILES string of the molecule is CC(C)Oc1cccc(S(=O)(=O)c2ccc(CN=C(NC#N)Nc3ccncc3)cc2)c1. The third-order valence-electron chi connectivity index (χ3n) is 4.26. The summed E-state index contributed by atoms with van der Waals surface area (Å²) >= 11 is 0. The van der Waals surface area contributed by atoms with E-state index in [0.29, 0.717) is 5.75 Å². The van der Waals surface area contributed by atoms with Crippen molar-refractivity contribution in [2.45, 2.75) is 36.3 Å². The summed E-state index contributed by atoms with van der Waals surface area (Å²) in [4.78, 5) is 8.64. The Kier molecular flexibility index (Phi) is 7.41. The highest BCUT2D eigenvalue weighted by atomic mass is 32.2. The van der Waals surface area contributed by atoms with E-state index in [-0.39, 0.29) is 28.4 Å². The van der Waals surface area contributed by atoms with Gasteiger partial charge in [-0.2, -0.15) is 5.26 Å². The van der Waals surface area contributed by atoms with E-state index < -0.39 is 9.84 Å². The van der Waals surface area contributed by atoms with Crippen molar-refractivity contribution in [3.8, 4) is 11.9 Å². The molecule has 0 saturated carbocycles. The van der Waals surface area contributed by atoms with Crippen LogP contribution in [0.5, 0.6) is 5.75 Å². The second-order valence-corrected chi connectivity index (χ2v) is 9.00. The molecule has 0 radical (unpaired) electrons. The Labute approximate surface area is 187 Å². The maximum Gasteiger partial charge on any atom is 0.209 e. The normalized spacial score (nSPS) is 11.6. The standard InChI is InChI=1S/C23H23N5O3S/c1-17(2)31-20-4-3-5-22(14-20)32(29,30)21-8-6-18(7-9-21)15-26-23(27-16-24)28-19-10-12-25-13-11-19/h3-14,17H,15H2,1-2H3,(H2,25,26,27,28). The van der Waals surface area contributed by atoms with Gasteiger partial charge in [0, 0.05) is 18.1 Å². The number of hydrogen-bond donors (Lipinski definition) is 2. The van der Waals surface area contributed by atoms with Gasteiger partial charge in [-0.1, -0.05) is 18.2 Å². The summed E-state index contributed by atoms with van der Waals surface area (Å²) in [7, 11) is -3.68. The van der Waals surface area contributed by atoms with Crippen LogP contribution in [0, 0.1) is 11.5 Å². The number of sulfone groups is 1. The number of nitriles is 1. The molecule has 164 valence electrons. The highest BCUT2D eigenvalue weighted by Gasteiger charge is 2.18. The fourth-order valence-electron chi connectivity index (χ4n) is 2.80. The molecule has 0 aliphatic rings. The molecule has 0 aliphatic carbocycles. The summed E-state index contributed by atoms with van der Waals surface area (Å²) in [6.07, 6.45) is 5.03. The van der Waals surface area contributed by atoms with Crippen LogP contribution >= 0.6 is 0 Å². The minimum Gasteiger partial charge on any atom is -0.491 e. The van der Waals surface area contributed by atoms with Gasteiger partial charge >= 0.3 is 0 Å². The molecule has 2 aromatic carbocycles. The van der Waals surface area contributed by atoms with Crippen LogP contribution in [0.4, 0.5) is 5.69 Å². The number of guanidine groups is 1. The zero-order chi connectivity index (χ0) is 23.0. The topological polar surface area (TPSA) is 116 Å². The molecule has 1 aromatic heterocycles. The second-order valence-electron chi connectivity index (χ2n) is 7.05. The van der Waals surface area contributed by atoms with E-state index in [1.165, 1.54) is 6.07 Å². The summed E-state index contributed by atoms with van der Waals surface area (Å²) in [5.41, 5.74) is 1.52. The van der Waals surface area contributed by atoms with Crippen molar-refractivity contribution >= 4 is 21.5 Å². The average molecular weight is 450 g/mol. The van der Waals surface area contributed by atoms with Gasteiger partial charge in [-0.3, -0.25) is 10.3 Å². The van der Waals surface area contributed by atoms with E-state index in [4.69, 9.17) is 10.00 Å². The van der Waals surface area contributed by atoms with Crippen molar-refractivity contribution in [3.63, 3.8) is 0 Å². The summed E-state index contributed by atoms with van der Waals surface area (Å²) in [6, 6.07) is 16.4. The Morgan fingerprint density at radius 1 is 1.09 bits per heavy atom. The molecule has 0 amide bonds. The van der Waals surface area contributed by atoms with Crippen LogP contribution in [0.3, 0.4) is 0 Å². The number of pyridine rings is 1. The van der Waals surface area contributed by atoms with Gasteiger partial charge in [-0.25, -0.2) is 13.4 Å². The lowest BCUT2D eigenvalue weighted by molar-refractivity contribution is 0.242. The van der Waals surface area contributed by atoms with Crippen LogP contribution in [0.25, 0.3) is 0 Å². The molecular formula is C23H23N5O3S. The number of nitrogens with one attached hydrogen (secondary N) is 2. The van der Waals surface area contributed by atoms with Crippen LogP contribution in [-0.4, -0.2) is 25.5 Å². The minimum atomic E-state index is -3.68. The van der Waals surface area contributed by atoms with E-state index in [9.17, 15) is 8.42 Å². The predicted molar refractivity (Wildman–Crippen MR) is 122 cm³/mol. The van der Waals surface area contributed by atoms with E-state index in [1.54, 1.807) is 67.0 Å². The van der Waals surface area contributed by atoms with Crippen LogP contribution in [-0.2, 0) is 16.4 Å². The molecule has 0 unspecified atom stereocenters. The molecule has 3 rings (SSSR count). The van der Waals surface area contributed by atoms with Crippen molar-refractivity contribution in [1.82, 2.24) is 10.3 Å². The molecule has 8 nitrogen and oxygen atoms in total. The first-order valence-corrected chi connectivity index (χ1v) is 11.3. The van der Waals surface area contributed by atoms with Crippen LogP contribution < -0.4 is 15.4 Å². The lowest BCUT2D eigenvalue weighted by atomic mass is 10.2. The van der Waals surface area contributed by atoms with E-state index in [0.717, 1.165) is 11.3 Å². The maximum absolute atomic E-state index is 13.0. The van der Waals surface area contributed by atoms with Crippen molar-refractivity contribution in [1.29, 1.82) is 5.26 Å². The first kappa shape index (κ1) is 22.8. The van der Waals surface area contributed by atoms with Gasteiger partial charge in [0.2, 0.25) is 15.8 Å². The van der Waals surface area contributed by atoms with Crippen molar-refractivity contribution in [3.05, 3.63) is 78.6 Å². The molecular weight excluding hydrogens is 426 g/mol. The Bertz CT molecular complexity index is 1220. The first-order chi connectivity index (χ1) is 15.4. The van der Waals surface area contributed by atoms with E-state index in [1.807, 2.05) is 20.0 Å². The number of aromatic nitrogens is 1. The van der Waals surface area contributed by atoms with Gasteiger partial charge in [0.05, 0.1) is 22.4 Å². The number of benzene rings is 2. The number of aliphatic imine (C=N–C) groups is 1. The molecule has 3 aromatic rings. The summed E-state index contributed by atoms with van der Waals surface area (Å²) in [6.45, 7) is 4.01. The van der Waals surface area contributed by atoms with Crippen LogP contribution in [0.1, 0.15) is 19.4 Å². The number of nitrogens with zero attached hydrogens (tertiary/aromatic N) is 3. The number of ether oxygens (including phenoxy) is 1. The lowest BCUT2D eigenvalue weighted by Gasteiger charge is -2.11. The lowest BCUT2D eigenvalue weighted by Crippen LogP contribution is -2.26. The van der Waals surface area contributed by atoms with Gasteiger partial charge in [-0.05, 0) is 61.9 Å². The highest BCUT2D eigenvalue weighted by molar-refractivity contribution is 7.91. The van der Waals surface area contributed by atoms with Crippen molar-refractivity contribution in [2.75, 3.05) is 5.32 Å². The number of rotatable bonds is 7. The predicted octanol–water partition coefficient (Wildman–Crippen LogP) is 3.74. The summed E-state index contributed by atoms with van der Waals surface area (Å²) < 4.78 is 31.6. The molecule has 9 heteroatoms. The Balaban J connectivity index is 1.75. The van der Waals surface area contributed by atoms with Gasteiger partial charge in [0.25, 0.3) is 0 Å². The van der Waals surface area contributed by atoms with Crippen LogP contribution in [0.15, 0.2) is 87.8 Å². The van der Waals surface area contributed by atoms with Crippen molar-refractivity contribution in [2.24, 2.45) is 4.99 Å². The Hall–Kier alpha value is -3.90. The minimum absolute atomic E-state index is 0.0544. The zero-order valence-corrected chi connectivity index (χ0v) is 18.5. The third kappa shape index (κ3) is 6.06. The molecule has 0 atom stereocenters. The van der Waals surface area contributed by atoms with E-state index in [2.05, 4.69) is 20.6 Å². The molecule has 0 spiro atoms. The second kappa shape index (κ2) is 10.4. The zero-order valence-electron chi connectivity index (χ0n) is 17.7. The molecule has 0 bridgehead atoms. The molecule has 32 heavy (non-hydrogen) atoms. The molecule has 0 aliphatic heterocycles. The van der Waals surface area contributed by atoms with Gasteiger partial charge in [0.15, 0.2) is 6.19 Å². The van der Waals surface area contributed by atoms with Gasteiger partial charge in [0.1, 0.15) is 5.75 Å². The van der Waals surface area contributed by atoms with Gasteiger partial charge < -0.3 is 10.1 Å². The molecule has 1 heterocycles. The molecule has 0 fully saturated rings. The molecule has 2 N–H and O–H groups in total. The van der Waals surface area contributed by atoms with Gasteiger partial charge in [-0.15, -0.1) is 0 Å². The Morgan fingerprint density at radius 2 is 1.81 bits per heavy atom. The summed E-state index contributed by atoms with van der Waals surface area (Å²) in [5.74, 6) is 0.781. The number of anilines is 1. The summed E-state index contributed by atoms with van der Waals surface area (Å²) in [5, 5.41) is 14.4. The number of hydrogen-bond acceptors (Lipinski definition) is 6. The Morgan fingerprint density at radius 3 is 2.47 bits per heavy atom. The monoisotopic (exact) mass is 449 g/mol. The first-order valence-electron chi connectivity index (χ1n) is 9.86. The third-order valence-corrected chi connectivity index (χ3v) is 6.03.